The van der Waals surface area contributed by atoms with Crippen LogP contribution in [0.4, 0.5) is 8.78 Å². The summed E-state index contributed by atoms with van der Waals surface area (Å²) >= 11 is 6.15. The highest BCUT2D eigenvalue weighted by Gasteiger charge is 2.19. The standard InChI is InChI=1S/C22H21ClF2N4O3/c1-2-11-29(13-19-27-28-22(32-19)15-5-3-4-6-17(15)23)20(30)9-10-26-21(31)16-8-7-14(24)12-18(16)25/h3-8,12H,2,9-11,13H2,1H3,(H,26,31). The molecule has 0 saturated heterocycles. The summed E-state index contributed by atoms with van der Waals surface area (Å²) in [5.41, 5.74) is 0.305. The zero-order valence-corrected chi connectivity index (χ0v) is 18.0. The molecule has 10 heteroatoms. The highest BCUT2D eigenvalue weighted by Crippen LogP contribution is 2.26. The summed E-state index contributed by atoms with van der Waals surface area (Å²) in [4.78, 5) is 26.2. The molecule has 3 rings (SSSR count). The Kier molecular flexibility index (Phi) is 7.88. The molecule has 2 aromatic carbocycles. The number of hydrogen-bond donors (Lipinski definition) is 1. The predicted octanol–water partition coefficient (Wildman–Crippen LogP) is 4.23. The molecule has 3 aromatic rings. The van der Waals surface area contributed by atoms with Gasteiger partial charge >= 0.3 is 0 Å². The Labute approximate surface area is 188 Å². The van der Waals surface area contributed by atoms with Gasteiger partial charge in [0.25, 0.3) is 5.91 Å². The highest BCUT2D eigenvalue weighted by atomic mass is 35.5. The third kappa shape index (κ3) is 5.88. The fraction of sp³-hybridized carbons (Fsp3) is 0.273. The first-order valence-corrected chi connectivity index (χ1v) is 10.3. The molecule has 0 fully saturated rings. The van der Waals surface area contributed by atoms with Crippen LogP contribution in [-0.4, -0.2) is 40.0 Å². The summed E-state index contributed by atoms with van der Waals surface area (Å²) in [6.07, 6.45) is 0.685. The molecule has 1 aromatic heterocycles. The second kappa shape index (κ2) is 10.8. The van der Waals surface area contributed by atoms with Crippen LogP contribution in [0.2, 0.25) is 5.02 Å². The van der Waals surface area contributed by atoms with Crippen molar-refractivity contribution < 1.29 is 22.8 Å². The minimum atomic E-state index is -0.966. The molecule has 2 amide bonds. The van der Waals surface area contributed by atoms with Crippen molar-refractivity contribution in [1.82, 2.24) is 20.4 Å². The van der Waals surface area contributed by atoms with E-state index in [2.05, 4.69) is 15.5 Å². The number of benzene rings is 2. The minimum absolute atomic E-state index is 0.0105. The number of carbonyl (C=O) groups excluding carboxylic acids is 2. The summed E-state index contributed by atoms with van der Waals surface area (Å²) in [6, 6.07) is 9.72. The lowest BCUT2D eigenvalue weighted by molar-refractivity contribution is -0.132. The quantitative estimate of drug-likeness (QED) is 0.514. The van der Waals surface area contributed by atoms with Crippen molar-refractivity contribution in [3.8, 4) is 11.5 Å². The van der Waals surface area contributed by atoms with E-state index in [1.54, 1.807) is 24.3 Å². The van der Waals surface area contributed by atoms with Gasteiger partial charge in [-0.25, -0.2) is 8.78 Å². The number of carbonyl (C=O) groups is 2. The molecule has 0 saturated carbocycles. The van der Waals surface area contributed by atoms with Gasteiger partial charge in [0.1, 0.15) is 11.6 Å². The molecule has 0 spiro atoms. The number of amides is 2. The number of hydrogen-bond acceptors (Lipinski definition) is 5. The Morgan fingerprint density at radius 3 is 2.66 bits per heavy atom. The molecule has 0 radical (unpaired) electrons. The minimum Gasteiger partial charge on any atom is -0.419 e. The Morgan fingerprint density at radius 1 is 1.16 bits per heavy atom. The van der Waals surface area contributed by atoms with Gasteiger partial charge in [-0.2, -0.15) is 0 Å². The van der Waals surface area contributed by atoms with E-state index in [1.807, 2.05) is 6.92 Å². The van der Waals surface area contributed by atoms with Crippen molar-refractivity contribution in [2.45, 2.75) is 26.3 Å². The van der Waals surface area contributed by atoms with Gasteiger partial charge in [0.05, 0.1) is 22.7 Å². The van der Waals surface area contributed by atoms with Crippen LogP contribution in [-0.2, 0) is 11.3 Å². The maximum Gasteiger partial charge on any atom is 0.254 e. The Morgan fingerprint density at radius 2 is 1.94 bits per heavy atom. The van der Waals surface area contributed by atoms with Gasteiger partial charge in [-0.3, -0.25) is 9.59 Å². The van der Waals surface area contributed by atoms with Crippen molar-refractivity contribution in [2.24, 2.45) is 0 Å². The first-order chi connectivity index (χ1) is 15.4. The molecule has 1 N–H and O–H groups in total. The average molecular weight is 463 g/mol. The van der Waals surface area contributed by atoms with Crippen molar-refractivity contribution >= 4 is 23.4 Å². The van der Waals surface area contributed by atoms with Gasteiger partial charge in [-0.05, 0) is 30.7 Å². The SMILES string of the molecule is CCCN(Cc1nnc(-c2ccccc2Cl)o1)C(=O)CCNC(=O)c1ccc(F)cc1F. The van der Waals surface area contributed by atoms with E-state index in [0.29, 0.717) is 29.6 Å². The predicted molar refractivity (Wildman–Crippen MR) is 114 cm³/mol. The molecule has 7 nitrogen and oxygen atoms in total. The third-order valence-electron chi connectivity index (χ3n) is 4.54. The second-order valence-electron chi connectivity index (χ2n) is 6.93. The lowest BCUT2D eigenvalue weighted by Crippen LogP contribution is -2.35. The van der Waals surface area contributed by atoms with Crippen molar-refractivity contribution in [3.05, 3.63) is 70.6 Å². The molecule has 0 bridgehead atoms. The smallest absolute Gasteiger partial charge is 0.254 e. The zero-order valence-electron chi connectivity index (χ0n) is 17.3. The van der Waals surface area contributed by atoms with Crippen LogP contribution < -0.4 is 5.32 Å². The summed E-state index contributed by atoms with van der Waals surface area (Å²) < 4.78 is 32.3. The number of aromatic nitrogens is 2. The van der Waals surface area contributed by atoms with Crippen molar-refractivity contribution in [1.29, 1.82) is 0 Å². The largest absolute Gasteiger partial charge is 0.419 e. The topological polar surface area (TPSA) is 88.3 Å². The van der Waals surface area contributed by atoms with Gasteiger partial charge in [-0.1, -0.05) is 30.7 Å². The normalized spacial score (nSPS) is 10.8. The lowest BCUT2D eigenvalue weighted by atomic mass is 10.2. The van der Waals surface area contributed by atoms with Gasteiger partial charge in [0, 0.05) is 25.6 Å². The molecule has 32 heavy (non-hydrogen) atoms. The fourth-order valence-electron chi connectivity index (χ4n) is 3.00. The molecule has 168 valence electrons. The zero-order chi connectivity index (χ0) is 23.1. The van der Waals surface area contributed by atoms with Gasteiger partial charge in [0.15, 0.2) is 0 Å². The summed E-state index contributed by atoms with van der Waals surface area (Å²) in [5, 5.41) is 10.9. The Bertz CT molecular complexity index is 1110. The number of nitrogens with zero attached hydrogens (tertiary/aromatic N) is 3. The number of rotatable bonds is 9. The first kappa shape index (κ1) is 23.3. The van der Waals surface area contributed by atoms with Gasteiger partial charge < -0.3 is 14.6 Å². The fourth-order valence-corrected chi connectivity index (χ4v) is 3.21. The Balaban J connectivity index is 1.58. The Hall–Kier alpha value is -3.33. The van der Waals surface area contributed by atoms with Crippen LogP contribution in [0.3, 0.4) is 0 Å². The molecule has 1 heterocycles. The van der Waals surface area contributed by atoms with Crippen molar-refractivity contribution in [3.63, 3.8) is 0 Å². The highest BCUT2D eigenvalue weighted by molar-refractivity contribution is 6.33. The summed E-state index contributed by atoms with van der Waals surface area (Å²) in [6.45, 7) is 2.46. The molecule has 0 atom stereocenters. The van der Waals surface area contributed by atoms with Crippen LogP contribution in [0.15, 0.2) is 46.9 Å². The van der Waals surface area contributed by atoms with E-state index in [-0.39, 0.29) is 42.8 Å². The van der Waals surface area contributed by atoms with E-state index in [9.17, 15) is 18.4 Å². The molecular weight excluding hydrogens is 442 g/mol. The van der Waals surface area contributed by atoms with E-state index in [1.165, 1.54) is 4.90 Å². The summed E-state index contributed by atoms with van der Waals surface area (Å²) in [5.74, 6) is -2.21. The van der Waals surface area contributed by atoms with E-state index < -0.39 is 17.5 Å². The van der Waals surface area contributed by atoms with E-state index in [0.717, 1.165) is 12.1 Å². The lowest BCUT2D eigenvalue weighted by Gasteiger charge is -2.20. The first-order valence-electron chi connectivity index (χ1n) is 9.97. The van der Waals surface area contributed by atoms with E-state index in [4.69, 9.17) is 16.0 Å². The van der Waals surface area contributed by atoms with Crippen LogP contribution in [0.1, 0.15) is 36.0 Å². The summed E-state index contributed by atoms with van der Waals surface area (Å²) in [7, 11) is 0. The van der Waals surface area contributed by atoms with Crippen LogP contribution in [0, 0.1) is 11.6 Å². The van der Waals surface area contributed by atoms with Gasteiger partial charge in [0.2, 0.25) is 17.7 Å². The molecule has 0 aliphatic rings. The molecule has 0 aliphatic heterocycles. The maximum atomic E-state index is 13.7. The van der Waals surface area contributed by atoms with Crippen LogP contribution >= 0.6 is 11.6 Å². The van der Waals surface area contributed by atoms with E-state index >= 15 is 0 Å². The number of nitrogens with one attached hydrogen (secondary N) is 1. The molecule has 0 unspecified atom stereocenters. The van der Waals surface area contributed by atoms with Crippen LogP contribution in [0.25, 0.3) is 11.5 Å². The second-order valence-corrected chi connectivity index (χ2v) is 7.33. The van der Waals surface area contributed by atoms with Gasteiger partial charge in [-0.15, -0.1) is 10.2 Å². The maximum absolute atomic E-state index is 13.7. The van der Waals surface area contributed by atoms with Crippen molar-refractivity contribution in [2.75, 3.05) is 13.1 Å². The molecular formula is C22H21ClF2N4O3. The number of halogens is 3. The monoisotopic (exact) mass is 462 g/mol. The average Bonchev–Trinajstić information content (AvgIpc) is 3.22. The third-order valence-corrected chi connectivity index (χ3v) is 4.87. The van der Waals surface area contributed by atoms with Crippen LogP contribution in [0.5, 0.6) is 0 Å². The molecule has 0 aliphatic carbocycles.